The monoisotopic (exact) mass is 247 g/mol. The number of aryl methyl sites for hydroxylation is 1. The quantitative estimate of drug-likeness (QED) is 0.826. The Bertz CT molecular complexity index is 374. The average Bonchev–Trinajstić information content (AvgIpc) is 2.29. The van der Waals surface area contributed by atoms with E-state index in [1.807, 2.05) is 7.05 Å². The summed E-state index contributed by atoms with van der Waals surface area (Å²) in [6, 6.07) is 6.97. The molecule has 0 saturated heterocycles. The molecule has 1 nitrogen and oxygen atoms in total. The van der Waals surface area contributed by atoms with Crippen molar-refractivity contribution in [2.45, 2.75) is 52.9 Å². The third-order valence-corrected chi connectivity index (χ3v) is 3.79. The van der Waals surface area contributed by atoms with Crippen LogP contribution in [0.15, 0.2) is 18.2 Å². The van der Waals surface area contributed by atoms with Crippen molar-refractivity contribution in [3.05, 3.63) is 34.9 Å². The van der Waals surface area contributed by atoms with Gasteiger partial charge in [0.1, 0.15) is 0 Å². The van der Waals surface area contributed by atoms with Crippen LogP contribution in [0.4, 0.5) is 0 Å². The van der Waals surface area contributed by atoms with E-state index in [0.29, 0.717) is 0 Å². The number of nitrogens with one attached hydrogen (secondary N) is 1. The molecule has 0 fully saturated rings. The predicted molar refractivity (Wildman–Crippen MR) is 81.3 cm³/mol. The molecule has 0 radical (unpaired) electrons. The Labute approximate surface area is 113 Å². The van der Waals surface area contributed by atoms with Crippen molar-refractivity contribution in [2.24, 2.45) is 5.92 Å². The third kappa shape index (κ3) is 4.13. The number of hydrogen-bond acceptors (Lipinski definition) is 1. The van der Waals surface area contributed by atoms with Crippen LogP contribution < -0.4 is 5.32 Å². The van der Waals surface area contributed by atoms with E-state index in [0.717, 1.165) is 12.5 Å². The third-order valence-electron chi connectivity index (χ3n) is 3.79. The Balaban J connectivity index is 2.93. The fourth-order valence-electron chi connectivity index (χ4n) is 2.32. The molecule has 0 bridgehead atoms. The van der Waals surface area contributed by atoms with Crippen LogP contribution in [0.25, 0.3) is 0 Å². The van der Waals surface area contributed by atoms with Gasteiger partial charge in [-0.15, -0.1) is 0 Å². The van der Waals surface area contributed by atoms with E-state index in [1.165, 1.54) is 29.5 Å². The van der Waals surface area contributed by atoms with Crippen LogP contribution in [0, 0.1) is 12.8 Å². The summed E-state index contributed by atoms with van der Waals surface area (Å²) in [5.74, 6) is 0.740. The molecular weight excluding hydrogens is 218 g/mol. The zero-order chi connectivity index (χ0) is 13.8. The zero-order valence-corrected chi connectivity index (χ0v) is 12.9. The summed E-state index contributed by atoms with van der Waals surface area (Å²) >= 11 is 0. The van der Waals surface area contributed by atoms with E-state index >= 15 is 0 Å². The largest absolute Gasteiger partial charge is 0.319 e. The highest BCUT2D eigenvalue weighted by Gasteiger charge is 2.16. The van der Waals surface area contributed by atoms with Gasteiger partial charge < -0.3 is 5.32 Å². The van der Waals surface area contributed by atoms with Crippen molar-refractivity contribution < 1.29 is 0 Å². The van der Waals surface area contributed by atoms with E-state index in [-0.39, 0.29) is 5.41 Å². The van der Waals surface area contributed by atoms with Crippen molar-refractivity contribution in [1.29, 1.82) is 0 Å². The lowest BCUT2D eigenvalue weighted by Gasteiger charge is -2.22. The first-order chi connectivity index (χ1) is 8.38. The second-order valence-corrected chi connectivity index (χ2v) is 6.43. The minimum atomic E-state index is 0.243. The molecule has 0 amide bonds. The molecule has 1 aromatic rings. The summed E-state index contributed by atoms with van der Waals surface area (Å²) in [5, 5.41) is 3.30. The van der Waals surface area contributed by atoms with Gasteiger partial charge in [-0.1, -0.05) is 52.3 Å². The normalized spacial score (nSPS) is 13.7. The highest BCUT2D eigenvalue weighted by molar-refractivity contribution is 5.34. The van der Waals surface area contributed by atoms with Gasteiger partial charge in [-0.3, -0.25) is 0 Å². The molecule has 0 spiro atoms. The molecule has 1 unspecified atom stereocenters. The molecule has 1 rings (SSSR count). The van der Waals surface area contributed by atoms with Crippen molar-refractivity contribution in [1.82, 2.24) is 5.32 Å². The Morgan fingerprint density at radius 1 is 1.22 bits per heavy atom. The maximum absolute atomic E-state index is 3.30. The Hall–Kier alpha value is -0.820. The lowest BCUT2D eigenvalue weighted by molar-refractivity contribution is 0.479. The van der Waals surface area contributed by atoms with Gasteiger partial charge >= 0.3 is 0 Å². The van der Waals surface area contributed by atoms with Crippen LogP contribution >= 0.6 is 0 Å². The maximum atomic E-state index is 3.30. The summed E-state index contributed by atoms with van der Waals surface area (Å²) in [7, 11) is 2.04. The number of benzene rings is 1. The van der Waals surface area contributed by atoms with Gasteiger partial charge in [-0.25, -0.2) is 0 Å². The molecule has 1 heteroatoms. The molecular formula is C17H29N. The van der Waals surface area contributed by atoms with Gasteiger partial charge in [0, 0.05) is 0 Å². The summed E-state index contributed by atoms with van der Waals surface area (Å²) in [4.78, 5) is 0. The van der Waals surface area contributed by atoms with Gasteiger partial charge in [0.2, 0.25) is 0 Å². The molecule has 102 valence electrons. The van der Waals surface area contributed by atoms with Crippen LogP contribution in [-0.4, -0.2) is 13.6 Å². The van der Waals surface area contributed by atoms with Gasteiger partial charge in [0.15, 0.2) is 0 Å². The molecule has 1 atom stereocenters. The number of rotatable bonds is 5. The fourth-order valence-corrected chi connectivity index (χ4v) is 2.32. The van der Waals surface area contributed by atoms with Crippen LogP contribution in [0.1, 0.15) is 50.8 Å². The number of hydrogen-bond donors (Lipinski definition) is 1. The molecule has 18 heavy (non-hydrogen) atoms. The van der Waals surface area contributed by atoms with Crippen molar-refractivity contribution in [2.75, 3.05) is 13.6 Å². The standard InChI is InChI=1S/C17H29N/c1-7-14(12-18-6)10-15-11-16(17(3,4)5)9-8-13(15)2/h8-9,11,14,18H,7,10,12H2,1-6H3. The van der Waals surface area contributed by atoms with Gasteiger partial charge in [-0.05, 0) is 55.0 Å². The first-order valence-corrected chi connectivity index (χ1v) is 7.13. The SMILES string of the molecule is CCC(CNC)Cc1cc(C(C)(C)C)ccc1C. The molecule has 1 N–H and O–H groups in total. The summed E-state index contributed by atoms with van der Waals surface area (Å²) in [6.07, 6.45) is 2.42. The van der Waals surface area contributed by atoms with Gasteiger partial charge in [0.25, 0.3) is 0 Å². The molecule has 0 heterocycles. The van der Waals surface area contributed by atoms with Gasteiger partial charge in [0.05, 0.1) is 0 Å². The van der Waals surface area contributed by atoms with Crippen molar-refractivity contribution in [3.63, 3.8) is 0 Å². The lowest BCUT2D eigenvalue weighted by atomic mass is 9.83. The van der Waals surface area contributed by atoms with Crippen LogP contribution in [0.3, 0.4) is 0 Å². The maximum Gasteiger partial charge on any atom is -0.00204 e. The zero-order valence-electron chi connectivity index (χ0n) is 12.9. The van der Waals surface area contributed by atoms with Crippen molar-refractivity contribution in [3.8, 4) is 0 Å². The fraction of sp³-hybridized carbons (Fsp3) is 0.647. The average molecular weight is 247 g/mol. The van der Waals surface area contributed by atoms with Gasteiger partial charge in [-0.2, -0.15) is 0 Å². The van der Waals surface area contributed by atoms with Crippen molar-refractivity contribution >= 4 is 0 Å². The molecule has 0 aromatic heterocycles. The van der Waals surface area contributed by atoms with E-state index in [9.17, 15) is 0 Å². The lowest BCUT2D eigenvalue weighted by Crippen LogP contribution is -2.21. The van der Waals surface area contributed by atoms with Crippen LogP contribution in [0.2, 0.25) is 0 Å². The topological polar surface area (TPSA) is 12.0 Å². The second-order valence-electron chi connectivity index (χ2n) is 6.43. The molecule has 0 saturated carbocycles. The second kappa shape index (κ2) is 6.38. The highest BCUT2D eigenvalue weighted by Crippen LogP contribution is 2.26. The Morgan fingerprint density at radius 2 is 1.89 bits per heavy atom. The van der Waals surface area contributed by atoms with E-state index in [2.05, 4.69) is 58.1 Å². The molecule has 0 aliphatic heterocycles. The van der Waals surface area contributed by atoms with E-state index in [1.54, 1.807) is 0 Å². The summed E-state index contributed by atoms with van der Waals surface area (Å²) < 4.78 is 0. The molecule has 0 aliphatic carbocycles. The van der Waals surface area contributed by atoms with Crippen LogP contribution in [0.5, 0.6) is 0 Å². The minimum absolute atomic E-state index is 0.243. The first kappa shape index (κ1) is 15.2. The van der Waals surface area contributed by atoms with E-state index in [4.69, 9.17) is 0 Å². The summed E-state index contributed by atoms with van der Waals surface area (Å²) in [5.41, 5.74) is 4.64. The first-order valence-electron chi connectivity index (χ1n) is 7.13. The highest BCUT2D eigenvalue weighted by atomic mass is 14.8. The van der Waals surface area contributed by atoms with E-state index < -0.39 is 0 Å². The summed E-state index contributed by atoms with van der Waals surface area (Å²) in [6.45, 7) is 12.5. The molecule has 1 aromatic carbocycles. The smallest absolute Gasteiger partial charge is 0.00204 e. The Morgan fingerprint density at radius 3 is 2.39 bits per heavy atom. The Kier molecular flexibility index (Phi) is 5.40. The minimum Gasteiger partial charge on any atom is -0.319 e. The predicted octanol–water partition coefficient (Wildman–Crippen LogP) is 4.08. The van der Waals surface area contributed by atoms with Crippen LogP contribution in [-0.2, 0) is 11.8 Å². The molecule has 0 aliphatic rings.